The molecule has 21 heavy (non-hydrogen) atoms. The zero-order valence-electron chi connectivity index (χ0n) is 12.9. The molecule has 0 atom stereocenters. The Bertz CT molecular complexity index is 697. The highest BCUT2D eigenvalue weighted by Crippen LogP contribution is 2.32. The molecule has 1 aromatic carbocycles. The molecule has 0 amide bonds. The summed E-state index contributed by atoms with van der Waals surface area (Å²) >= 11 is 0. The average molecular weight is 282 g/mol. The normalized spacial score (nSPS) is 16.1. The molecule has 0 unspecified atom stereocenters. The highest BCUT2D eigenvalue weighted by Gasteiger charge is 2.23. The number of nitrogens with two attached hydrogens (primary N) is 1. The number of benzene rings is 1. The number of aromatic nitrogens is 2. The Kier molecular flexibility index (Phi) is 3.32. The van der Waals surface area contributed by atoms with Crippen LogP contribution in [0.1, 0.15) is 27.2 Å². The van der Waals surface area contributed by atoms with Gasteiger partial charge in [-0.15, -0.1) is 0 Å². The molecule has 2 aromatic rings. The highest BCUT2D eigenvalue weighted by atomic mass is 15.2. The van der Waals surface area contributed by atoms with E-state index in [0.29, 0.717) is 5.82 Å². The first-order valence-corrected chi connectivity index (χ1v) is 7.42. The lowest BCUT2D eigenvalue weighted by molar-refractivity contribution is 0.472. The van der Waals surface area contributed by atoms with Crippen LogP contribution in [0.5, 0.6) is 0 Å². The zero-order valence-corrected chi connectivity index (χ0v) is 12.9. The van der Waals surface area contributed by atoms with Crippen LogP contribution in [-0.4, -0.2) is 23.1 Å². The van der Waals surface area contributed by atoms with Gasteiger partial charge in [0.15, 0.2) is 11.6 Å². The van der Waals surface area contributed by atoms with Gasteiger partial charge >= 0.3 is 0 Å². The number of hydrogen-bond donors (Lipinski definition) is 1. The van der Waals surface area contributed by atoms with Gasteiger partial charge in [0.05, 0.1) is 11.0 Å². The first-order valence-electron chi connectivity index (χ1n) is 7.42. The van der Waals surface area contributed by atoms with Crippen molar-refractivity contribution in [2.45, 2.75) is 27.2 Å². The third-order valence-corrected chi connectivity index (χ3v) is 4.05. The number of nitrogens with zero attached hydrogens (tertiary/aromatic N) is 3. The molecule has 0 spiro atoms. The van der Waals surface area contributed by atoms with Crippen molar-refractivity contribution in [1.29, 1.82) is 0 Å². The number of fused-ring (bicyclic) bond motifs is 1. The molecular formula is C17H22N4. The number of hydrogen-bond acceptors (Lipinski definition) is 4. The van der Waals surface area contributed by atoms with E-state index in [1.54, 1.807) is 0 Å². The SMILES string of the molecule is CC(C)(C)C1=CCN(c2nc3ccccc3nc2N)CC1. The van der Waals surface area contributed by atoms with E-state index in [1.165, 1.54) is 5.57 Å². The van der Waals surface area contributed by atoms with E-state index in [-0.39, 0.29) is 5.41 Å². The van der Waals surface area contributed by atoms with Crippen molar-refractivity contribution in [2.24, 2.45) is 5.41 Å². The van der Waals surface area contributed by atoms with Gasteiger partial charge in [0.25, 0.3) is 0 Å². The maximum Gasteiger partial charge on any atom is 0.172 e. The Morgan fingerprint density at radius 1 is 1.10 bits per heavy atom. The minimum Gasteiger partial charge on any atom is -0.381 e. The van der Waals surface area contributed by atoms with Crippen molar-refractivity contribution < 1.29 is 0 Å². The predicted octanol–water partition coefficient (Wildman–Crippen LogP) is 3.39. The fourth-order valence-corrected chi connectivity index (χ4v) is 2.78. The highest BCUT2D eigenvalue weighted by molar-refractivity contribution is 5.79. The first kappa shape index (κ1) is 13.9. The van der Waals surface area contributed by atoms with Gasteiger partial charge in [-0.2, -0.15) is 0 Å². The lowest BCUT2D eigenvalue weighted by atomic mass is 9.83. The summed E-state index contributed by atoms with van der Waals surface area (Å²) in [6.07, 6.45) is 3.36. The van der Waals surface area contributed by atoms with Gasteiger partial charge in [-0.25, -0.2) is 9.97 Å². The van der Waals surface area contributed by atoms with Crippen LogP contribution in [0.3, 0.4) is 0 Å². The molecule has 0 bridgehead atoms. The van der Waals surface area contributed by atoms with Crippen LogP contribution >= 0.6 is 0 Å². The Hall–Kier alpha value is -2.10. The number of para-hydroxylation sites is 2. The van der Waals surface area contributed by atoms with Crippen molar-refractivity contribution in [3.05, 3.63) is 35.9 Å². The minimum atomic E-state index is 0.243. The molecule has 0 aliphatic carbocycles. The minimum absolute atomic E-state index is 0.243. The summed E-state index contributed by atoms with van der Waals surface area (Å²) in [5, 5.41) is 0. The summed E-state index contributed by atoms with van der Waals surface area (Å²) in [6.45, 7) is 8.58. The zero-order chi connectivity index (χ0) is 15.0. The second kappa shape index (κ2) is 5.02. The number of rotatable bonds is 1. The lowest BCUT2D eigenvalue weighted by Gasteiger charge is -2.33. The Balaban J connectivity index is 1.92. The maximum absolute atomic E-state index is 6.10. The average Bonchev–Trinajstić information content (AvgIpc) is 2.46. The first-order chi connectivity index (χ1) is 9.95. The Morgan fingerprint density at radius 2 is 1.76 bits per heavy atom. The van der Waals surface area contributed by atoms with Gasteiger partial charge < -0.3 is 10.6 Å². The van der Waals surface area contributed by atoms with Crippen molar-refractivity contribution in [1.82, 2.24) is 9.97 Å². The third-order valence-electron chi connectivity index (χ3n) is 4.05. The van der Waals surface area contributed by atoms with Gasteiger partial charge in [-0.05, 0) is 24.0 Å². The summed E-state index contributed by atoms with van der Waals surface area (Å²) in [5.41, 5.74) is 9.59. The molecule has 1 aliphatic rings. The summed E-state index contributed by atoms with van der Waals surface area (Å²) < 4.78 is 0. The van der Waals surface area contributed by atoms with Crippen LogP contribution in [0.25, 0.3) is 11.0 Å². The molecule has 0 saturated heterocycles. The molecule has 0 radical (unpaired) electrons. The second-order valence-corrected chi connectivity index (χ2v) is 6.60. The van der Waals surface area contributed by atoms with Crippen LogP contribution in [0.4, 0.5) is 11.6 Å². The fourth-order valence-electron chi connectivity index (χ4n) is 2.78. The lowest BCUT2D eigenvalue weighted by Crippen LogP contribution is -2.32. The Morgan fingerprint density at radius 3 is 2.33 bits per heavy atom. The van der Waals surface area contributed by atoms with Crippen molar-refractivity contribution in [2.75, 3.05) is 23.7 Å². The molecular weight excluding hydrogens is 260 g/mol. The van der Waals surface area contributed by atoms with Gasteiger partial charge in [0, 0.05) is 13.1 Å². The van der Waals surface area contributed by atoms with Crippen LogP contribution in [0.2, 0.25) is 0 Å². The molecule has 0 fully saturated rings. The van der Waals surface area contributed by atoms with Gasteiger partial charge in [-0.1, -0.05) is 44.6 Å². The quantitative estimate of drug-likeness (QED) is 0.815. The van der Waals surface area contributed by atoms with Gasteiger partial charge in [0.1, 0.15) is 0 Å². The van der Waals surface area contributed by atoms with E-state index in [4.69, 9.17) is 10.7 Å². The van der Waals surface area contributed by atoms with Crippen LogP contribution in [0, 0.1) is 5.41 Å². The fraction of sp³-hybridized carbons (Fsp3) is 0.412. The standard InChI is InChI=1S/C17H22N4/c1-17(2,3)12-8-10-21(11-9-12)16-15(18)19-13-6-4-5-7-14(13)20-16/h4-8H,9-11H2,1-3H3,(H2,18,19). The molecule has 3 rings (SSSR count). The molecule has 2 N–H and O–H groups in total. The molecule has 1 aromatic heterocycles. The van der Waals surface area contributed by atoms with Crippen LogP contribution in [-0.2, 0) is 0 Å². The van der Waals surface area contributed by atoms with Crippen molar-refractivity contribution >= 4 is 22.7 Å². The predicted molar refractivity (Wildman–Crippen MR) is 88.3 cm³/mol. The van der Waals surface area contributed by atoms with Crippen molar-refractivity contribution in [3.8, 4) is 0 Å². The van der Waals surface area contributed by atoms with Crippen LogP contribution in [0.15, 0.2) is 35.9 Å². The smallest absolute Gasteiger partial charge is 0.172 e. The molecule has 4 nitrogen and oxygen atoms in total. The van der Waals surface area contributed by atoms with E-state index < -0.39 is 0 Å². The molecule has 2 heterocycles. The molecule has 110 valence electrons. The summed E-state index contributed by atoms with van der Waals surface area (Å²) in [7, 11) is 0. The van der Waals surface area contributed by atoms with Gasteiger partial charge in [0.2, 0.25) is 0 Å². The summed E-state index contributed by atoms with van der Waals surface area (Å²) in [6, 6.07) is 7.85. The molecule has 1 aliphatic heterocycles. The van der Waals surface area contributed by atoms with Crippen LogP contribution < -0.4 is 10.6 Å². The molecule has 0 saturated carbocycles. The topological polar surface area (TPSA) is 55.0 Å². The van der Waals surface area contributed by atoms with E-state index in [9.17, 15) is 0 Å². The second-order valence-electron chi connectivity index (χ2n) is 6.60. The summed E-state index contributed by atoms with van der Waals surface area (Å²) in [4.78, 5) is 11.4. The summed E-state index contributed by atoms with van der Waals surface area (Å²) in [5.74, 6) is 1.32. The number of anilines is 2. The Labute approximate surface area is 125 Å². The van der Waals surface area contributed by atoms with E-state index >= 15 is 0 Å². The van der Waals surface area contributed by atoms with E-state index in [2.05, 4.69) is 36.7 Å². The monoisotopic (exact) mass is 282 g/mol. The number of nitrogen functional groups attached to an aromatic ring is 1. The van der Waals surface area contributed by atoms with E-state index in [0.717, 1.165) is 36.4 Å². The van der Waals surface area contributed by atoms with Crippen molar-refractivity contribution in [3.63, 3.8) is 0 Å². The third kappa shape index (κ3) is 2.71. The maximum atomic E-state index is 6.10. The van der Waals surface area contributed by atoms with E-state index in [1.807, 2.05) is 24.3 Å². The largest absolute Gasteiger partial charge is 0.381 e. The molecule has 4 heteroatoms. The van der Waals surface area contributed by atoms with Gasteiger partial charge in [-0.3, -0.25) is 0 Å².